The van der Waals surface area contributed by atoms with Crippen molar-refractivity contribution in [3.8, 4) is 22.8 Å². The normalized spacial score (nSPS) is 11.2. The number of hydrogen-bond donors (Lipinski definition) is 3. The molecule has 0 fully saturated rings. The number of benzene rings is 2. The molecule has 0 amide bonds. The summed E-state index contributed by atoms with van der Waals surface area (Å²) >= 11 is 0. The van der Waals surface area contributed by atoms with E-state index in [1.165, 1.54) is 12.1 Å². The van der Waals surface area contributed by atoms with Gasteiger partial charge in [-0.05, 0) is 0 Å². The molecule has 7 nitrogen and oxygen atoms in total. The van der Waals surface area contributed by atoms with E-state index < -0.39 is 0 Å². The minimum Gasteiger partial charge on any atom is -0.507 e. The van der Waals surface area contributed by atoms with Crippen molar-refractivity contribution in [2.24, 2.45) is 0 Å². The zero-order chi connectivity index (χ0) is 19.9. The maximum atomic E-state index is 12.4. The molecule has 0 spiro atoms. The molecule has 0 aliphatic carbocycles. The molecule has 1 aromatic heterocycles. The van der Waals surface area contributed by atoms with E-state index in [9.17, 15) is 9.90 Å². The van der Waals surface area contributed by atoms with Crippen LogP contribution in [0, 0.1) is 0 Å². The molecule has 0 saturated carbocycles. The molecule has 0 atom stereocenters. The smallest absolute Gasteiger partial charge is 0.197 e. The van der Waals surface area contributed by atoms with Gasteiger partial charge in [0.15, 0.2) is 5.43 Å². The molecule has 0 aliphatic rings. The Morgan fingerprint density at radius 2 is 1.68 bits per heavy atom. The van der Waals surface area contributed by atoms with Gasteiger partial charge in [0.05, 0.1) is 13.2 Å². The van der Waals surface area contributed by atoms with Crippen molar-refractivity contribution in [1.82, 2.24) is 4.90 Å². The van der Waals surface area contributed by atoms with Gasteiger partial charge in [-0.2, -0.15) is 0 Å². The van der Waals surface area contributed by atoms with Crippen molar-refractivity contribution in [2.75, 3.05) is 39.5 Å². The lowest BCUT2D eigenvalue weighted by Gasteiger charge is -2.20. The first-order valence-corrected chi connectivity index (χ1v) is 9.05. The second kappa shape index (κ2) is 9.36. The third-order valence-corrected chi connectivity index (χ3v) is 4.35. The fourth-order valence-electron chi connectivity index (χ4n) is 2.98. The van der Waals surface area contributed by atoms with Crippen LogP contribution >= 0.6 is 0 Å². The Kier molecular flexibility index (Phi) is 6.65. The molecule has 0 aliphatic heterocycles. The molecule has 28 heavy (non-hydrogen) atoms. The molecule has 3 rings (SSSR count). The van der Waals surface area contributed by atoms with E-state index in [0.717, 1.165) is 5.56 Å². The topological polar surface area (TPSA) is 103 Å². The SMILES string of the molecule is O=c1cc(-c2ccccc2)oc2cc(OCCN(CCO)CCO)cc(O)c12. The summed E-state index contributed by atoms with van der Waals surface area (Å²) in [5.41, 5.74) is 0.668. The van der Waals surface area contributed by atoms with E-state index in [1.54, 1.807) is 6.07 Å². The van der Waals surface area contributed by atoms with Crippen LogP contribution < -0.4 is 10.2 Å². The van der Waals surface area contributed by atoms with Crippen molar-refractivity contribution >= 4 is 11.0 Å². The highest BCUT2D eigenvalue weighted by Crippen LogP contribution is 2.31. The number of fused-ring (bicyclic) bond motifs is 1. The minimum atomic E-state index is -0.332. The van der Waals surface area contributed by atoms with Gasteiger partial charge < -0.3 is 24.5 Å². The van der Waals surface area contributed by atoms with Crippen LogP contribution in [0.25, 0.3) is 22.3 Å². The van der Waals surface area contributed by atoms with E-state index in [2.05, 4.69) is 0 Å². The molecule has 3 N–H and O–H groups in total. The van der Waals surface area contributed by atoms with Crippen LogP contribution in [0.1, 0.15) is 0 Å². The van der Waals surface area contributed by atoms with Crippen LogP contribution in [-0.2, 0) is 0 Å². The molecule has 148 valence electrons. The summed E-state index contributed by atoms with van der Waals surface area (Å²) in [5, 5.41) is 28.4. The van der Waals surface area contributed by atoms with Gasteiger partial charge >= 0.3 is 0 Å². The Hall–Kier alpha value is -2.87. The molecule has 7 heteroatoms. The average molecular weight is 385 g/mol. The Morgan fingerprint density at radius 1 is 0.964 bits per heavy atom. The summed E-state index contributed by atoms with van der Waals surface area (Å²) in [4.78, 5) is 14.3. The van der Waals surface area contributed by atoms with E-state index in [0.29, 0.717) is 31.1 Å². The lowest BCUT2D eigenvalue weighted by Crippen LogP contribution is -2.33. The Labute approximate surface area is 162 Å². The minimum absolute atomic E-state index is 0.00974. The molecule has 0 unspecified atom stereocenters. The molecule has 2 aromatic carbocycles. The van der Waals surface area contributed by atoms with Crippen molar-refractivity contribution in [1.29, 1.82) is 0 Å². The van der Waals surface area contributed by atoms with E-state index in [4.69, 9.17) is 19.4 Å². The number of aromatic hydroxyl groups is 1. The third-order valence-electron chi connectivity index (χ3n) is 4.35. The van der Waals surface area contributed by atoms with Gasteiger partial charge in [-0.15, -0.1) is 0 Å². The highest BCUT2D eigenvalue weighted by atomic mass is 16.5. The fourth-order valence-corrected chi connectivity index (χ4v) is 2.98. The molecular weight excluding hydrogens is 362 g/mol. The van der Waals surface area contributed by atoms with Gasteiger partial charge in [-0.1, -0.05) is 30.3 Å². The summed E-state index contributed by atoms with van der Waals surface area (Å²) in [5.74, 6) is 0.571. The first kappa shape index (κ1) is 19.9. The fraction of sp³-hybridized carbons (Fsp3) is 0.286. The van der Waals surface area contributed by atoms with Crippen LogP contribution in [0.3, 0.4) is 0 Å². The van der Waals surface area contributed by atoms with E-state index in [-0.39, 0.29) is 42.0 Å². The van der Waals surface area contributed by atoms with Gasteiger partial charge in [0.2, 0.25) is 0 Å². The maximum absolute atomic E-state index is 12.4. The van der Waals surface area contributed by atoms with Crippen molar-refractivity contribution in [3.63, 3.8) is 0 Å². The quantitative estimate of drug-likeness (QED) is 0.516. The molecule has 0 bridgehead atoms. The number of hydrogen-bond acceptors (Lipinski definition) is 7. The Balaban J connectivity index is 1.83. The van der Waals surface area contributed by atoms with Gasteiger partial charge in [0.25, 0.3) is 0 Å². The van der Waals surface area contributed by atoms with Gasteiger partial charge in [0.1, 0.15) is 34.8 Å². The van der Waals surface area contributed by atoms with E-state index in [1.807, 2.05) is 35.2 Å². The predicted octanol–water partition coefficient (Wildman–Crippen LogP) is 1.83. The number of aliphatic hydroxyl groups excluding tert-OH is 2. The highest BCUT2D eigenvalue weighted by Gasteiger charge is 2.13. The van der Waals surface area contributed by atoms with Gasteiger partial charge in [0, 0.05) is 43.4 Å². The molecule has 1 heterocycles. The summed E-state index contributed by atoms with van der Waals surface area (Å²) in [7, 11) is 0. The highest BCUT2D eigenvalue weighted by molar-refractivity contribution is 5.86. The zero-order valence-electron chi connectivity index (χ0n) is 15.4. The monoisotopic (exact) mass is 385 g/mol. The predicted molar refractivity (Wildman–Crippen MR) is 106 cm³/mol. The number of ether oxygens (including phenoxy) is 1. The van der Waals surface area contributed by atoms with E-state index >= 15 is 0 Å². The van der Waals surface area contributed by atoms with Crippen LogP contribution in [-0.4, -0.2) is 59.7 Å². The van der Waals surface area contributed by atoms with Gasteiger partial charge in [-0.3, -0.25) is 9.69 Å². The van der Waals surface area contributed by atoms with Crippen LogP contribution in [0.15, 0.2) is 57.7 Å². The van der Waals surface area contributed by atoms with Gasteiger partial charge in [-0.25, -0.2) is 0 Å². The number of phenolic OH excluding ortho intramolecular Hbond substituents is 1. The third kappa shape index (κ3) is 4.69. The lowest BCUT2D eigenvalue weighted by molar-refractivity contribution is 0.141. The first-order chi connectivity index (χ1) is 13.6. The summed E-state index contributed by atoms with van der Waals surface area (Å²) < 4.78 is 11.5. The molecule has 0 saturated heterocycles. The summed E-state index contributed by atoms with van der Waals surface area (Å²) in [6.07, 6.45) is 0. The first-order valence-electron chi connectivity index (χ1n) is 9.05. The molecule has 0 radical (unpaired) electrons. The van der Waals surface area contributed by atoms with Crippen LogP contribution in [0.4, 0.5) is 0 Å². The lowest BCUT2D eigenvalue weighted by atomic mass is 10.1. The summed E-state index contributed by atoms with van der Waals surface area (Å²) in [6.45, 7) is 1.63. The largest absolute Gasteiger partial charge is 0.507 e. The summed E-state index contributed by atoms with van der Waals surface area (Å²) in [6, 6.07) is 13.6. The second-order valence-electron chi connectivity index (χ2n) is 6.29. The number of nitrogens with zero attached hydrogens (tertiary/aromatic N) is 1. The number of rotatable bonds is 9. The molecular formula is C21H23NO6. The molecule has 3 aromatic rings. The maximum Gasteiger partial charge on any atom is 0.197 e. The Bertz CT molecular complexity index is 964. The number of aliphatic hydroxyl groups is 2. The van der Waals surface area contributed by atoms with Crippen molar-refractivity contribution < 1.29 is 24.5 Å². The van der Waals surface area contributed by atoms with Crippen LogP contribution in [0.5, 0.6) is 11.5 Å². The van der Waals surface area contributed by atoms with Crippen molar-refractivity contribution in [2.45, 2.75) is 0 Å². The van der Waals surface area contributed by atoms with Crippen molar-refractivity contribution in [3.05, 3.63) is 58.8 Å². The zero-order valence-corrected chi connectivity index (χ0v) is 15.4. The van der Waals surface area contributed by atoms with Crippen LogP contribution in [0.2, 0.25) is 0 Å². The number of phenols is 1. The standard InChI is InChI=1S/C21H23NO6/c23-9-6-22(7-10-24)8-11-27-16-12-17(25)21-18(26)14-19(28-20(21)13-16)15-4-2-1-3-5-15/h1-5,12-14,23-25H,6-11H2. The Morgan fingerprint density at radius 3 is 2.36 bits per heavy atom. The average Bonchev–Trinajstić information content (AvgIpc) is 2.68. The second-order valence-corrected chi connectivity index (χ2v) is 6.29.